The van der Waals surface area contributed by atoms with Crippen LogP contribution in [-0.4, -0.2) is 10.9 Å². The van der Waals surface area contributed by atoms with Crippen LogP contribution in [0.5, 0.6) is 0 Å². The van der Waals surface area contributed by atoms with E-state index in [0.717, 1.165) is 15.9 Å². The smallest absolute Gasteiger partial charge is 0.224 e. The van der Waals surface area contributed by atoms with Crippen molar-refractivity contribution >= 4 is 44.0 Å². The van der Waals surface area contributed by atoms with Crippen LogP contribution in [0.3, 0.4) is 0 Å². The molecule has 1 amide bonds. The summed E-state index contributed by atoms with van der Waals surface area (Å²) < 4.78 is 0.938. The first-order valence-corrected chi connectivity index (χ1v) is 7.06. The van der Waals surface area contributed by atoms with E-state index in [1.807, 2.05) is 29.6 Å². The molecular formula is C12H12BrN3OS. The normalized spacial score (nSPS) is 10.3. The maximum atomic E-state index is 11.7. The first-order valence-electron chi connectivity index (χ1n) is 5.39. The number of amides is 1. The van der Waals surface area contributed by atoms with Crippen molar-refractivity contribution in [2.45, 2.75) is 12.8 Å². The van der Waals surface area contributed by atoms with Crippen LogP contribution >= 0.6 is 27.3 Å². The molecule has 2 aromatic rings. The van der Waals surface area contributed by atoms with Crippen LogP contribution in [0.15, 0.2) is 34.1 Å². The summed E-state index contributed by atoms with van der Waals surface area (Å²) >= 11 is 4.75. The summed E-state index contributed by atoms with van der Waals surface area (Å²) in [6, 6.07) is 7.50. The van der Waals surface area contributed by atoms with E-state index in [4.69, 9.17) is 5.73 Å². The number of hydrogen-bond donors (Lipinski definition) is 2. The minimum atomic E-state index is -0.0281. The number of hydrogen-bond acceptors (Lipinski definition) is 4. The van der Waals surface area contributed by atoms with Crippen LogP contribution in [-0.2, 0) is 11.2 Å². The van der Waals surface area contributed by atoms with Gasteiger partial charge in [-0.25, -0.2) is 4.98 Å². The van der Waals surface area contributed by atoms with Gasteiger partial charge in [-0.1, -0.05) is 22.0 Å². The summed E-state index contributed by atoms with van der Waals surface area (Å²) in [6.07, 6.45) is 1.00. The summed E-state index contributed by atoms with van der Waals surface area (Å²) in [5.41, 5.74) is 7.17. The number of thiazole rings is 1. The van der Waals surface area contributed by atoms with E-state index < -0.39 is 0 Å². The van der Waals surface area contributed by atoms with Gasteiger partial charge in [-0.2, -0.15) is 0 Å². The Balaban J connectivity index is 1.85. The topological polar surface area (TPSA) is 68.0 Å². The van der Waals surface area contributed by atoms with E-state index in [1.54, 1.807) is 0 Å². The van der Waals surface area contributed by atoms with E-state index >= 15 is 0 Å². The third-order valence-electron chi connectivity index (χ3n) is 2.29. The van der Waals surface area contributed by atoms with Crippen molar-refractivity contribution in [1.29, 1.82) is 0 Å². The Kier molecular flexibility index (Phi) is 4.33. The number of benzene rings is 1. The molecule has 0 bridgehead atoms. The second-order valence-corrected chi connectivity index (χ2v) is 5.54. The van der Waals surface area contributed by atoms with E-state index in [-0.39, 0.29) is 5.91 Å². The maximum Gasteiger partial charge on any atom is 0.224 e. The number of nitrogens with one attached hydrogen (secondary N) is 1. The molecule has 0 fully saturated rings. The number of halogens is 1. The predicted molar refractivity (Wildman–Crippen MR) is 77.6 cm³/mol. The molecule has 0 aliphatic heterocycles. The molecule has 0 unspecified atom stereocenters. The molecule has 0 saturated carbocycles. The lowest BCUT2D eigenvalue weighted by molar-refractivity contribution is -0.116. The van der Waals surface area contributed by atoms with Crippen LogP contribution in [0.2, 0.25) is 0 Å². The highest BCUT2D eigenvalue weighted by Crippen LogP contribution is 2.16. The van der Waals surface area contributed by atoms with Gasteiger partial charge in [0.2, 0.25) is 5.91 Å². The number of aryl methyl sites for hydroxylation is 1. The van der Waals surface area contributed by atoms with Gasteiger partial charge in [-0.15, -0.1) is 11.3 Å². The lowest BCUT2D eigenvalue weighted by atomic mass is 10.2. The van der Waals surface area contributed by atoms with E-state index in [9.17, 15) is 4.79 Å². The SMILES string of the molecule is Nc1nc(CCC(=O)Nc2cccc(Br)c2)cs1. The second kappa shape index (κ2) is 5.97. The molecule has 3 N–H and O–H groups in total. The molecule has 4 nitrogen and oxygen atoms in total. The quantitative estimate of drug-likeness (QED) is 0.907. The standard InChI is InChI=1S/C12H12BrN3OS/c13-8-2-1-3-9(6-8)15-11(17)5-4-10-7-18-12(14)16-10/h1-3,6-7H,4-5H2,(H2,14,16)(H,15,17). The fourth-order valence-corrected chi connectivity index (χ4v) is 2.47. The Bertz CT molecular complexity index is 556. The van der Waals surface area contributed by atoms with Crippen molar-refractivity contribution in [2.75, 3.05) is 11.1 Å². The number of nitrogens with zero attached hydrogens (tertiary/aromatic N) is 1. The molecular weight excluding hydrogens is 314 g/mol. The number of nitrogens with two attached hydrogens (primary N) is 1. The number of nitrogen functional groups attached to an aromatic ring is 1. The first kappa shape index (κ1) is 13.0. The van der Waals surface area contributed by atoms with E-state index in [0.29, 0.717) is 18.0 Å². The Morgan fingerprint density at radius 1 is 1.50 bits per heavy atom. The van der Waals surface area contributed by atoms with Crippen molar-refractivity contribution in [1.82, 2.24) is 4.98 Å². The third-order valence-corrected chi connectivity index (χ3v) is 3.50. The van der Waals surface area contributed by atoms with Gasteiger partial charge >= 0.3 is 0 Å². The predicted octanol–water partition coefficient (Wildman–Crippen LogP) is 3.06. The van der Waals surface area contributed by atoms with Gasteiger partial charge in [-0.3, -0.25) is 4.79 Å². The number of aromatic nitrogens is 1. The Labute approximate surface area is 117 Å². The van der Waals surface area contributed by atoms with Crippen LogP contribution in [0.4, 0.5) is 10.8 Å². The van der Waals surface area contributed by atoms with Crippen molar-refractivity contribution in [3.05, 3.63) is 39.8 Å². The fourth-order valence-electron chi connectivity index (χ4n) is 1.47. The highest BCUT2D eigenvalue weighted by atomic mass is 79.9. The molecule has 2 rings (SSSR count). The van der Waals surface area contributed by atoms with Gasteiger partial charge in [-0.05, 0) is 24.6 Å². The van der Waals surface area contributed by atoms with Gasteiger partial charge in [0.25, 0.3) is 0 Å². The van der Waals surface area contributed by atoms with Crippen molar-refractivity contribution < 1.29 is 4.79 Å². The lowest BCUT2D eigenvalue weighted by Gasteiger charge is -2.04. The molecule has 6 heteroatoms. The zero-order chi connectivity index (χ0) is 13.0. The highest BCUT2D eigenvalue weighted by molar-refractivity contribution is 9.10. The molecule has 18 heavy (non-hydrogen) atoms. The molecule has 1 heterocycles. The van der Waals surface area contributed by atoms with E-state index in [1.165, 1.54) is 11.3 Å². The molecule has 0 radical (unpaired) electrons. The van der Waals surface area contributed by atoms with Gasteiger partial charge in [0, 0.05) is 22.0 Å². The molecule has 0 atom stereocenters. The maximum absolute atomic E-state index is 11.7. The molecule has 0 aliphatic rings. The van der Waals surface area contributed by atoms with Gasteiger partial charge in [0.05, 0.1) is 5.69 Å². The summed E-state index contributed by atoms with van der Waals surface area (Å²) in [5, 5.41) is 5.25. The van der Waals surface area contributed by atoms with Crippen molar-refractivity contribution in [3.8, 4) is 0 Å². The average molecular weight is 326 g/mol. The lowest BCUT2D eigenvalue weighted by Crippen LogP contribution is -2.12. The molecule has 0 aliphatic carbocycles. The zero-order valence-corrected chi connectivity index (χ0v) is 11.9. The number of carbonyl (C=O) groups excluding carboxylic acids is 1. The Morgan fingerprint density at radius 3 is 3.00 bits per heavy atom. The second-order valence-electron chi connectivity index (χ2n) is 3.74. The third kappa shape index (κ3) is 3.82. The zero-order valence-electron chi connectivity index (χ0n) is 9.52. The monoisotopic (exact) mass is 325 g/mol. The molecule has 1 aromatic carbocycles. The summed E-state index contributed by atoms with van der Waals surface area (Å²) in [5.74, 6) is -0.0281. The fraction of sp³-hybridized carbons (Fsp3) is 0.167. The summed E-state index contributed by atoms with van der Waals surface area (Å²) in [6.45, 7) is 0. The largest absolute Gasteiger partial charge is 0.375 e. The van der Waals surface area contributed by atoms with Crippen LogP contribution in [0.1, 0.15) is 12.1 Å². The minimum absolute atomic E-state index is 0.0281. The highest BCUT2D eigenvalue weighted by Gasteiger charge is 2.05. The first-order chi connectivity index (χ1) is 8.63. The number of anilines is 2. The Hall–Kier alpha value is -1.40. The van der Waals surface area contributed by atoms with Gasteiger partial charge in [0.1, 0.15) is 0 Å². The van der Waals surface area contributed by atoms with Crippen LogP contribution < -0.4 is 11.1 Å². The number of rotatable bonds is 4. The minimum Gasteiger partial charge on any atom is -0.375 e. The summed E-state index contributed by atoms with van der Waals surface area (Å²) in [4.78, 5) is 15.8. The van der Waals surface area contributed by atoms with Crippen molar-refractivity contribution in [2.24, 2.45) is 0 Å². The average Bonchev–Trinajstić information content (AvgIpc) is 2.73. The molecule has 1 aromatic heterocycles. The van der Waals surface area contributed by atoms with Crippen molar-refractivity contribution in [3.63, 3.8) is 0 Å². The van der Waals surface area contributed by atoms with Gasteiger partial charge < -0.3 is 11.1 Å². The summed E-state index contributed by atoms with van der Waals surface area (Å²) in [7, 11) is 0. The van der Waals surface area contributed by atoms with Gasteiger partial charge in [0.15, 0.2) is 5.13 Å². The number of carbonyl (C=O) groups is 1. The van der Waals surface area contributed by atoms with Crippen LogP contribution in [0.25, 0.3) is 0 Å². The molecule has 0 spiro atoms. The van der Waals surface area contributed by atoms with Crippen LogP contribution in [0, 0.1) is 0 Å². The molecule has 0 saturated heterocycles. The van der Waals surface area contributed by atoms with E-state index in [2.05, 4.69) is 26.2 Å². The Morgan fingerprint density at radius 2 is 2.33 bits per heavy atom. The molecule has 94 valence electrons.